The Morgan fingerprint density at radius 3 is 0.910 bits per heavy atom. The average Bonchev–Trinajstić information content (AvgIpc) is 1.68. The summed E-state index contributed by atoms with van der Waals surface area (Å²) in [4.78, 5) is 21.0. The van der Waals surface area contributed by atoms with Crippen molar-refractivity contribution >= 4 is 43.6 Å². The van der Waals surface area contributed by atoms with Gasteiger partial charge in [-0.15, -0.1) is 0 Å². The number of rotatable bonds is 11. The van der Waals surface area contributed by atoms with Crippen molar-refractivity contribution < 1.29 is 0 Å². The lowest BCUT2D eigenvalue weighted by molar-refractivity contribution is 1.10. The lowest BCUT2D eigenvalue weighted by Crippen LogP contribution is -2.06. The van der Waals surface area contributed by atoms with E-state index < -0.39 is 0 Å². The van der Waals surface area contributed by atoms with Gasteiger partial charge in [0.25, 0.3) is 0 Å². The van der Waals surface area contributed by atoms with E-state index in [1.165, 1.54) is 0 Å². The smallest absolute Gasteiger partial charge is 0.0991 e. The molecule has 7 heteroatoms. The number of benzene rings is 10. The highest BCUT2D eigenvalue weighted by Crippen LogP contribution is 2.45. The second-order valence-corrected chi connectivity index (χ2v) is 22.5. The van der Waals surface area contributed by atoms with Crippen LogP contribution < -0.4 is 0 Å². The lowest BCUT2D eigenvalue weighted by Gasteiger charge is -2.21. The second-order valence-electron chi connectivity index (χ2n) is 22.5. The summed E-state index contributed by atoms with van der Waals surface area (Å²) in [5, 5.41) is 14.7. The zero-order valence-corrected chi connectivity index (χ0v) is 48.5. The van der Waals surface area contributed by atoms with E-state index in [0.717, 1.165) is 162 Å². The van der Waals surface area contributed by atoms with E-state index in [4.69, 9.17) is 19.9 Å². The first-order valence-electron chi connectivity index (χ1n) is 29.9. The number of pyridine rings is 4. The van der Waals surface area contributed by atoms with Gasteiger partial charge >= 0.3 is 0 Å². The normalized spacial score (nSPS) is 11.4. The summed E-state index contributed by atoms with van der Waals surface area (Å²) in [6, 6.07) is 108. The van der Waals surface area contributed by atoms with Crippen LogP contribution in [0.5, 0.6) is 0 Å². The van der Waals surface area contributed by atoms with E-state index in [9.17, 15) is 5.26 Å². The molecule has 0 saturated heterocycles. The zero-order valence-electron chi connectivity index (χ0n) is 48.5. The first-order valence-corrected chi connectivity index (χ1v) is 29.9. The maximum absolute atomic E-state index is 10.4. The molecule has 0 aliphatic heterocycles. The summed E-state index contributed by atoms with van der Waals surface area (Å²) in [7, 11) is 0. The van der Waals surface area contributed by atoms with Gasteiger partial charge in [-0.1, -0.05) is 188 Å². The molecule has 0 saturated carbocycles. The van der Waals surface area contributed by atoms with Gasteiger partial charge in [0.2, 0.25) is 0 Å². The topological polar surface area (TPSA) is 85.2 Å². The summed E-state index contributed by atoms with van der Waals surface area (Å²) >= 11 is 0. The van der Waals surface area contributed by atoms with Crippen molar-refractivity contribution in [1.29, 1.82) is 5.26 Å². The standard InChI is InChI=1S/C82H53N7/c1-53-77(88-78-42-37-60(73-33-15-29-69(84-73)55-20-6-2-7-21-55)48-65(78)66-49-61(38-43-79(66)88)74-34-16-30-70(85-74)56-22-8-3-9-23-56)46-41-64(59-28-14-19-54(47-59)52-83)82(53)89-80-44-39-62(75-35-17-31-71(86-75)57-24-10-4-11-25-57)50-67(80)68-51-63(40-45-81(68)89)76-36-18-32-72(87-76)58-26-12-5-13-27-58/h2-51H,1H3. The SMILES string of the molecule is Cc1c(-n2c3ccc(-c4cccc(-c5ccccc5)n4)cc3c3cc(-c4cccc(-c5ccccc5)n4)ccc32)ccc(-c2cccc(C#N)c2)c1-n1c2ccc(-c3cccc(-c4ccccc4)n3)cc2c2cc(-c3cccc(-c4ccccc4)n3)ccc21. The predicted octanol–water partition coefficient (Wildman–Crippen LogP) is 20.6. The largest absolute Gasteiger partial charge is 0.309 e. The van der Waals surface area contributed by atoms with Crippen molar-refractivity contribution in [2.75, 3.05) is 0 Å². The van der Waals surface area contributed by atoms with Crippen molar-refractivity contribution in [2.24, 2.45) is 0 Å². The Labute approximate surface area is 515 Å². The van der Waals surface area contributed by atoms with Crippen LogP contribution in [0.1, 0.15) is 11.1 Å². The third-order valence-electron chi connectivity index (χ3n) is 17.2. The van der Waals surface area contributed by atoms with Gasteiger partial charge in [-0.2, -0.15) is 5.26 Å². The van der Waals surface area contributed by atoms with Gasteiger partial charge in [0, 0.05) is 71.6 Å². The van der Waals surface area contributed by atoms with Crippen molar-refractivity contribution in [3.8, 4) is 119 Å². The van der Waals surface area contributed by atoms with Gasteiger partial charge in [-0.3, -0.25) is 0 Å². The van der Waals surface area contributed by atoms with Crippen LogP contribution in [0.15, 0.2) is 303 Å². The minimum Gasteiger partial charge on any atom is -0.309 e. The summed E-state index contributed by atoms with van der Waals surface area (Å²) in [5.74, 6) is 0. The van der Waals surface area contributed by atoms with Gasteiger partial charge in [0.15, 0.2) is 0 Å². The molecule has 0 bridgehead atoms. The maximum atomic E-state index is 10.4. The van der Waals surface area contributed by atoms with Gasteiger partial charge in [0.1, 0.15) is 0 Å². The highest BCUT2D eigenvalue weighted by Gasteiger charge is 2.25. The lowest BCUT2D eigenvalue weighted by atomic mass is 9.97. The maximum Gasteiger partial charge on any atom is 0.0991 e. The Morgan fingerprint density at radius 1 is 0.270 bits per heavy atom. The van der Waals surface area contributed by atoms with Gasteiger partial charge in [-0.05, 0) is 133 Å². The van der Waals surface area contributed by atoms with Crippen LogP contribution in [0.25, 0.3) is 156 Å². The molecule has 10 aromatic carbocycles. The van der Waals surface area contributed by atoms with E-state index in [0.29, 0.717) is 5.56 Å². The number of aromatic nitrogens is 6. The zero-order chi connectivity index (χ0) is 59.4. The number of nitrogens with zero attached hydrogens (tertiary/aromatic N) is 7. The monoisotopic (exact) mass is 1140 g/mol. The molecule has 0 amide bonds. The quantitative estimate of drug-likeness (QED) is 0.129. The molecule has 0 N–H and O–H groups in total. The Kier molecular flexibility index (Phi) is 13.0. The van der Waals surface area contributed by atoms with Crippen molar-refractivity contribution in [3.63, 3.8) is 0 Å². The molecule has 6 aromatic heterocycles. The number of hydrogen-bond acceptors (Lipinski definition) is 5. The molecule has 16 rings (SSSR count). The molecule has 0 aliphatic rings. The summed E-state index contributed by atoms with van der Waals surface area (Å²) < 4.78 is 4.86. The molecule has 0 unspecified atom stereocenters. The second kappa shape index (κ2) is 22.1. The first-order chi connectivity index (χ1) is 44.0. The molecule has 0 fully saturated rings. The molecule has 0 aliphatic carbocycles. The molecular formula is C82H53N7. The van der Waals surface area contributed by atoms with E-state index in [1.807, 2.05) is 42.5 Å². The minimum atomic E-state index is 0.587. The Hall–Kier alpha value is -12.1. The van der Waals surface area contributed by atoms with E-state index in [2.05, 4.69) is 283 Å². The molecule has 0 atom stereocenters. The van der Waals surface area contributed by atoms with Crippen molar-refractivity contribution in [3.05, 3.63) is 314 Å². The van der Waals surface area contributed by atoms with Gasteiger partial charge < -0.3 is 9.13 Å². The highest BCUT2D eigenvalue weighted by molar-refractivity contribution is 6.14. The molecular weight excluding hydrogens is 1080 g/mol. The third kappa shape index (κ3) is 9.50. The third-order valence-corrected chi connectivity index (χ3v) is 17.2. The van der Waals surface area contributed by atoms with E-state index >= 15 is 0 Å². The molecule has 89 heavy (non-hydrogen) atoms. The van der Waals surface area contributed by atoms with Crippen LogP contribution in [-0.4, -0.2) is 29.1 Å². The van der Waals surface area contributed by atoms with Crippen LogP contribution in [-0.2, 0) is 0 Å². The summed E-state index contributed by atoms with van der Waals surface area (Å²) in [6.07, 6.45) is 0. The predicted molar refractivity (Wildman–Crippen MR) is 365 cm³/mol. The Bertz CT molecular complexity index is 5170. The van der Waals surface area contributed by atoms with E-state index in [1.54, 1.807) is 0 Å². The van der Waals surface area contributed by atoms with Crippen molar-refractivity contribution in [1.82, 2.24) is 29.1 Å². The van der Waals surface area contributed by atoms with Crippen LogP contribution in [0.4, 0.5) is 0 Å². The fourth-order valence-electron chi connectivity index (χ4n) is 12.9. The fourth-order valence-corrected chi connectivity index (χ4v) is 12.9. The van der Waals surface area contributed by atoms with Crippen molar-refractivity contribution in [2.45, 2.75) is 6.92 Å². The van der Waals surface area contributed by atoms with Gasteiger partial charge in [-0.25, -0.2) is 19.9 Å². The fraction of sp³-hybridized carbons (Fsp3) is 0.0122. The van der Waals surface area contributed by atoms with Crippen LogP contribution >= 0.6 is 0 Å². The van der Waals surface area contributed by atoms with Crippen LogP contribution in [0, 0.1) is 18.3 Å². The Balaban J connectivity index is 0.941. The molecule has 16 aromatic rings. The number of fused-ring (bicyclic) bond motifs is 6. The summed E-state index contributed by atoms with van der Waals surface area (Å²) in [5.41, 5.74) is 25.2. The van der Waals surface area contributed by atoms with Crippen LogP contribution in [0.3, 0.4) is 0 Å². The van der Waals surface area contributed by atoms with Crippen LogP contribution in [0.2, 0.25) is 0 Å². The van der Waals surface area contributed by atoms with E-state index in [-0.39, 0.29) is 0 Å². The number of hydrogen-bond donors (Lipinski definition) is 0. The molecule has 0 spiro atoms. The molecule has 0 radical (unpaired) electrons. The average molecular weight is 1140 g/mol. The Morgan fingerprint density at radius 2 is 0.573 bits per heavy atom. The van der Waals surface area contributed by atoms with Gasteiger partial charge in [0.05, 0.1) is 90.6 Å². The molecule has 6 heterocycles. The highest BCUT2D eigenvalue weighted by atomic mass is 15.0. The molecule has 416 valence electrons. The summed E-state index contributed by atoms with van der Waals surface area (Å²) in [6.45, 7) is 2.25. The first kappa shape index (κ1) is 52.4. The number of nitriles is 1. The minimum absolute atomic E-state index is 0.587. The molecule has 7 nitrogen and oxygen atoms in total.